The van der Waals surface area contributed by atoms with Crippen molar-refractivity contribution in [2.75, 3.05) is 0 Å². The summed E-state index contributed by atoms with van der Waals surface area (Å²) in [6, 6.07) is 4.13. The van der Waals surface area contributed by atoms with Gasteiger partial charge in [-0.1, -0.05) is 25.4 Å². The average Bonchev–Trinajstić information content (AvgIpc) is 2.15. The van der Waals surface area contributed by atoms with E-state index in [1.54, 1.807) is 6.07 Å². The van der Waals surface area contributed by atoms with Crippen molar-refractivity contribution in [3.05, 3.63) is 38.9 Å². The molecule has 2 N–H and O–H groups in total. The van der Waals surface area contributed by atoms with Crippen LogP contribution in [0.25, 0.3) is 0 Å². The van der Waals surface area contributed by atoms with Gasteiger partial charge >= 0.3 is 0 Å². The second-order valence-corrected chi connectivity index (χ2v) is 4.63. The first kappa shape index (κ1) is 16.2. The van der Waals surface area contributed by atoms with E-state index < -0.39 is 4.92 Å². The van der Waals surface area contributed by atoms with Crippen molar-refractivity contribution in [2.24, 2.45) is 11.7 Å². The summed E-state index contributed by atoms with van der Waals surface area (Å²) in [6.45, 7) is 4.05. The van der Waals surface area contributed by atoms with E-state index in [1.165, 1.54) is 12.1 Å². The Morgan fingerprint density at radius 1 is 1.47 bits per heavy atom. The molecule has 0 saturated carbocycles. The average molecular weight is 279 g/mol. The summed E-state index contributed by atoms with van der Waals surface area (Å²) in [5.41, 5.74) is 6.49. The van der Waals surface area contributed by atoms with E-state index in [9.17, 15) is 10.1 Å². The summed E-state index contributed by atoms with van der Waals surface area (Å²) < 4.78 is 0. The van der Waals surface area contributed by atoms with Crippen LogP contribution >= 0.6 is 24.0 Å². The van der Waals surface area contributed by atoms with Gasteiger partial charge in [0.05, 0.1) is 4.92 Å². The molecule has 0 amide bonds. The molecular weight excluding hydrogens is 263 g/mol. The fraction of sp³-hybridized carbons (Fsp3) is 0.455. The van der Waals surface area contributed by atoms with Crippen LogP contribution in [0.3, 0.4) is 0 Å². The van der Waals surface area contributed by atoms with Crippen LogP contribution in [0.1, 0.15) is 31.9 Å². The maximum absolute atomic E-state index is 10.8. The molecule has 0 aliphatic carbocycles. The van der Waals surface area contributed by atoms with Gasteiger partial charge in [-0.3, -0.25) is 10.1 Å². The standard InChI is InChI=1S/C11H15ClN2O2.ClH/c1-7(2)5-10(13)9-6-8(12)3-4-11(9)14(15)16;/h3-4,6-7,10H,5,13H2,1-2H3;1H/t10-;/m0./s1. The number of benzene rings is 1. The van der Waals surface area contributed by atoms with Gasteiger partial charge in [-0.15, -0.1) is 12.4 Å². The highest BCUT2D eigenvalue weighted by molar-refractivity contribution is 6.30. The lowest BCUT2D eigenvalue weighted by molar-refractivity contribution is -0.385. The smallest absolute Gasteiger partial charge is 0.274 e. The fourth-order valence-electron chi connectivity index (χ4n) is 1.62. The van der Waals surface area contributed by atoms with E-state index >= 15 is 0 Å². The van der Waals surface area contributed by atoms with Gasteiger partial charge in [-0.05, 0) is 24.5 Å². The predicted octanol–water partition coefficient (Wildman–Crippen LogP) is 3.72. The zero-order valence-electron chi connectivity index (χ0n) is 9.72. The summed E-state index contributed by atoms with van der Waals surface area (Å²) in [6.07, 6.45) is 0.696. The summed E-state index contributed by atoms with van der Waals surface area (Å²) in [5.74, 6) is 0.383. The molecule has 0 aliphatic rings. The third-order valence-corrected chi connectivity index (χ3v) is 2.55. The quantitative estimate of drug-likeness (QED) is 0.674. The molecule has 0 saturated heterocycles. The van der Waals surface area contributed by atoms with Crippen molar-refractivity contribution in [1.82, 2.24) is 0 Å². The van der Waals surface area contributed by atoms with E-state index in [0.29, 0.717) is 22.9 Å². The van der Waals surface area contributed by atoms with Crippen LogP contribution in [0.4, 0.5) is 5.69 Å². The molecule has 0 fully saturated rings. The summed E-state index contributed by atoms with van der Waals surface area (Å²) in [5, 5.41) is 11.3. The third kappa shape index (κ3) is 4.50. The highest BCUT2D eigenvalue weighted by Crippen LogP contribution is 2.30. The van der Waals surface area contributed by atoms with Crippen molar-refractivity contribution in [3.8, 4) is 0 Å². The number of halogens is 2. The van der Waals surface area contributed by atoms with Crippen LogP contribution in [-0.2, 0) is 0 Å². The van der Waals surface area contributed by atoms with E-state index in [-0.39, 0.29) is 24.1 Å². The molecule has 0 aromatic heterocycles. The first-order chi connectivity index (χ1) is 7.41. The number of nitrogens with zero attached hydrogens (tertiary/aromatic N) is 1. The van der Waals surface area contributed by atoms with Gasteiger partial charge in [-0.25, -0.2) is 0 Å². The number of hydrogen-bond acceptors (Lipinski definition) is 3. The predicted molar refractivity (Wildman–Crippen MR) is 71.7 cm³/mol. The van der Waals surface area contributed by atoms with E-state index in [4.69, 9.17) is 17.3 Å². The van der Waals surface area contributed by atoms with Crippen LogP contribution < -0.4 is 5.73 Å². The monoisotopic (exact) mass is 278 g/mol. The van der Waals surface area contributed by atoms with Crippen LogP contribution in [0.2, 0.25) is 5.02 Å². The first-order valence-electron chi connectivity index (χ1n) is 5.11. The van der Waals surface area contributed by atoms with Gasteiger partial charge in [0, 0.05) is 22.7 Å². The third-order valence-electron chi connectivity index (χ3n) is 2.31. The van der Waals surface area contributed by atoms with Gasteiger partial charge in [0.15, 0.2) is 0 Å². The van der Waals surface area contributed by atoms with Gasteiger partial charge in [-0.2, -0.15) is 0 Å². The van der Waals surface area contributed by atoms with Gasteiger partial charge in [0.1, 0.15) is 0 Å². The molecular formula is C11H16Cl2N2O2. The highest BCUT2D eigenvalue weighted by atomic mass is 35.5. The zero-order chi connectivity index (χ0) is 12.3. The van der Waals surface area contributed by atoms with Crippen LogP contribution in [-0.4, -0.2) is 4.92 Å². The number of nitro benzene ring substituents is 1. The maximum atomic E-state index is 10.8. The van der Waals surface area contributed by atoms with Crippen LogP contribution in [0.5, 0.6) is 0 Å². The molecule has 0 bridgehead atoms. The van der Waals surface area contributed by atoms with Crippen molar-refractivity contribution in [2.45, 2.75) is 26.3 Å². The van der Waals surface area contributed by atoms with Gasteiger partial charge in [0.25, 0.3) is 5.69 Å². The molecule has 0 unspecified atom stereocenters. The number of hydrogen-bond donors (Lipinski definition) is 1. The second kappa shape index (κ2) is 6.79. The van der Waals surface area contributed by atoms with Crippen molar-refractivity contribution >= 4 is 29.7 Å². The summed E-state index contributed by atoms with van der Waals surface area (Å²) in [7, 11) is 0. The molecule has 4 nitrogen and oxygen atoms in total. The van der Waals surface area contributed by atoms with Crippen molar-refractivity contribution < 1.29 is 4.92 Å². The molecule has 17 heavy (non-hydrogen) atoms. The van der Waals surface area contributed by atoms with Crippen LogP contribution in [0.15, 0.2) is 18.2 Å². The Morgan fingerprint density at radius 2 is 2.06 bits per heavy atom. The Labute approximate surface area is 112 Å². The highest BCUT2D eigenvalue weighted by Gasteiger charge is 2.20. The normalized spacial score (nSPS) is 12.1. The topological polar surface area (TPSA) is 69.2 Å². The molecule has 1 aromatic carbocycles. The minimum absolute atomic E-state index is 0. The maximum Gasteiger partial charge on any atom is 0.274 e. The van der Waals surface area contributed by atoms with Crippen molar-refractivity contribution in [1.29, 1.82) is 0 Å². The van der Waals surface area contributed by atoms with Gasteiger partial charge < -0.3 is 5.73 Å². The molecule has 0 heterocycles. The largest absolute Gasteiger partial charge is 0.324 e. The van der Waals surface area contributed by atoms with Gasteiger partial charge in [0.2, 0.25) is 0 Å². The Bertz CT molecular complexity index is 397. The summed E-state index contributed by atoms with van der Waals surface area (Å²) >= 11 is 5.82. The number of nitro groups is 1. The fourth-order valence-corrected chi connectivity index (χ4v) is 1.80. The van der Waals surface area contributed by atoms with Crippen LogP contribution in [0, 0.1) is 16.0 Å². The van der Waals surface area contributed by atoms with E-state index in [2.05, 4.69) is 0 Å². The minimum atomic E-state index is -0.425. The lowest BCUT2D eigenvalue weighted by Gasteiger charge is -2.14. The molecule has 1 rings (SSSR count). The SMILES string of the molecule is CC(C)C[C@H](N)c1cc(Cl)ccc1[N+](=O)[O-].Cl. The molecule has 0 aliphatic heterocycles. The first-order valence-corrected chi connectivity index (χ1v) is 5.49. The van der Waals surface area contributed by atoms with Crippen molar-refractivity contribution in [3.63, 3.8) is 0 Å². The Hall–Kier alpha value is -0.840. The number of rotatable bonds is 4. The molecule has 6 heteroatoms. The Balaban J connectivity index is 0.00000256. The number of nitrogens with two attached hydrogens (primary N) is 1. The lowest BCUT2D eigenvalue weighted by Crippen LogP contribution is -2.14. The zero-order valence-corrected chi connectivity index (χ0v) is 11.3. The summed E-state index contributed by atoms with van der Waals surface area (Å²) in [4.78, 5) is 10.4. The Morgan fingerprint density at radius 3 is 2.53 bits per heavy atom. The molecule has 1 aromatic rings. The second-order valence-electron chi connectivity index (χ2n) is 4.20. The van der Waals surface area contributed by atoms with E-state index in [1.807, 2.05) is 13.8 Å². The van der Waals surface area contributed by atoms with E-state index in [0.717, 1.165) is 0 Å². The molecule has 96 valence electrons. The Kier molecular flexibility index (Phi) is 6.45. The molecule has 0 spiro atoms. The molecule has 1 atom stereocenters. The molecule has 0 radical (unpaired) electrons. The minimum Gasteiger partial charge on any atom is -0.324 e. The lowest BCUT2D eigenvalue weighted by atomic mass is 9.96.